The highest BCUT2D eigenvalue weighted by Gasteiger charge is 2.27. The van der Waals surface area contributed by atoms with Crippen molar-refractivity contribution in [3.63, 3.8) is 0 Å². The van der Waals surface area contributed by atoms with Crippen molar-refractivity contribution in [3.8, 4) is 11.5 Å². The summed E-state index contributed by atoms with van der Waals surface area (Å²) in [7, 11) is 1.95. The second kappa shape index (κ2) is 9.25. The summed E-state index contributed by atoms with van der Waals surface area (Å²) in [6.07, 6.45) is 1.04. The first-order chi connectivity index (χ1) is 12.8. The molecule has 1 N–H and O–H groups in total. The summed E-state index contributed by atoms with van der Waals surface area (Å²) in [5.41, 5.74) is 0.623. The monoisotopic (exact) mass is 354 g/mol. The van der Waals surface area contributed by atoms with Crippen LogP contribution in [0.25, 0.3) is 0 Å². The molecule has 2 aromatic carbocycles. The number of nitrogens with one attached hydrogen (secondary N) is 1. The summed E-state index contributed by atoms with van der Waals surface area (Å²) in [6, 6.07) is 17.1. The Labute approximate surface area is 154 Å². The SMILES string of the molecule is CNC[C@@H]1CCN(C(=O)c2ccccc2OCCOc2ccccc2)C1. The van der Waals surface area contributed by atoms with Gasteiger partial charge in [0.05, 0.1) is 5.56 Å². The molecule has 1 amide bonds. The van der Waals surface area contributed by atoms with Crippen LogP contribution in [-0.2, 0) is 0 Å². The summed E-state index contributed by atoms with van der Waals surface area (Å²) in [5.74, 6) is 2.00. The Kier molecular flexibility index (Phi) is 6.50. The molecule has 2 aromatic rings. The molecular weight excluding hydrogens is 328 g/mol. The number of para-hydroxylation sites is 2. The van der Waals surface area contributed by atoms with Crippen LogP contribution in [0.15, 0.2) is 54.6 Å². The van der Waals surface area contributed by atoms with Gasteiger partial charge in [-0.15, -0.1) is 0 Å². The molecule has 1 aliphatic heterocycles. The summed E-state index contributed by atoms with van der Waals surface area (Å²) in [6.45, 7) is 3.36. The van der Waals surface area contributed by atoms with Crippen LogP contribution in [0.3, 0.4) is 0 Å². The highest BCUT2D eigenvalue weighted by molar-refractivity contribution is 5.97. The van der Waals surface area contributed by atoms with E-state index in [0.717, 1.165) is 31.8 Å². The maximum atomic E-state index is 12.9. The van der Waals surface area contributed by atoms with Gasteiger partial charge in [-0.3, -0.25) is 4.79 Å². The average molecular weight is 354 g/mol. The lowest BCUT2D eigenvalue weighted by molar-refractivity contribution is 0.0781. The third-order valence-corrected chi connectivity index (χ3v) is 4.54. The number of carbonyl (C=O) groups is 1. The molecule has 0 aromatic heterocycles. The summed E-state index contributed by atoms with van der Waals surface area (Å²) in [5, 5.41) is 3.19. The van der Waals surface area contributed by atoms with Gasteiger partial charge in [0.15, 0.2) is 0 Å². The van der Waals surface area contributed by atoms with Gasteiger partial charge >= 0.3 is 0 Å². The average Bonchev–Trinajstić information content (AvgIpc) is 3.15. The molecule has 0 radical (unpaired) electrons. The molecule has 26 heavy (non-hydrogen) atoms. The molecule has 1 saturated heterocycles. The van der Waals surface area contributed by atoms with Crippen LogP contribution in [0.2, 0.25) is 0 Å². The quantitative estimate of drug-likeness (QED) is 0.741. The number of hydrogen-bond acceptors (Lipinski definition) is 4. The number of nitrogens with zero attached hydrogens (tertiary/aromatic N) is 1. The molecule has 0 saturated carbocycles. The minimum Gasteiger partial charge on any atom is -0.490 e. The molecule has 0 aliphatic carbocycles. The molecule has 138 valence electrons. The Hall–Kier alpha value is -2.53. The Bertz CT molecular complexity index is 705. The van der Waals surface area contributed by atoms with Gasteiger partial charge in [0.25, 0.3) is 5.91 Å². The minimum atomic E-state index is 0.0446. The molecule has 1 atom stereocenters. The van der Waals surface area contributed by atoms with Crippen LogP contribution in [0.5, 0.6) is 11.5 Å². The number of ether oxygens (including phenoxy) is 2. The number of amides is 1. The molecule has 0 unspecified atom stereocenters. The molecule has 1 heterocycles. The number of benzene rings is 2. The van der Waals surface area contributed by atoms with Crippen LogP contribution >= 0.6 is 0 Å². The number of carbonyl (C=O) groups excluding carboxylic acids is 1. The van der Waals surface area contributed by atoms with Crippen molar-refractivity contribution in [2.24, 2.45) is 5.92 Å². The Morgan fingerprint density at radius 1 is 1.08 bits per heavy atom. The van der Waals surface area contributed by atoms with E-state index in [-0.39, 0.29) is 5.91 Å². The fraction of sp³-hybridized carbons (Fsp3) is 0.381. The largest absolute Gasteiger partial charge is 0.490 e. The third-order valence-electron chi connectivity index (χ3n) is 4.54. The van der Waals surface area contributed by atoms with Gasteiger partial charge in [0.2, 0.25) is 0 Å². The highest BCUT2D eigenvalue weighted by atomic mass is 16.5. The van der Waals surface area contributed by atoms with Crippen LogP contribution in [0, 0.1) is 5.92 Å². The van der Waals surface area contributed by atoms with Crippen molar-refractivity contribution in [1.82, 2.24) is 10.2 Å². The molecule has 0 bridgehead atoms. The smallest absolute Gasteiger partial charge is 0.257 e. The second-order valence-electron chi connectivity index (χ2n) is 6.47. The number of likely N-dealkylation sites (tertiary alicyclic amines) is 1. The van der Waals surface area contributed by atoms with Crippen LogP contribution in [0.4, 0.5) is 0 Å². The van der Waals surface area contributed by atoms with Gasteiger partial charge in [-0.25, -0.2) is 0 Å². The van der Waals surface area contributed by atoms with E-state index >= 15 is 0 Å². The highest BCUT2D eigenvalue weighted by Crippen LogP contribution is 2.24. The first kappa shape index (κ1) is 18.3. The molecule has 1 aliphatic rings. The predicted molar refractivity (Wildman–Crippen MR) is 102 cm³/mol. The zero-order valence-electron chi connectivity index (χ0n) is 15.2. The Morgan fingerprint density at radius 3 is 2.62 bits per heavy atom. The summed E-state index contributed by atoms with van der Waals surface area (Å²) < 4.78 is 11.5. The first-order valence-electron chi connectivity index (χ1n) is 9.11. The lowest BCUT2D eigenvalue weighted by atomic mass is 10.1. The van der Waals surface area contributed by atoms with E-state index in [0.29, 0.717) is 30.4 Å². The molecule has 0 spiro atoms. The lowest BCUT2D eigenvalue weighted by Gasteiger charge is -2.19. The van der Waals surface area contributed by atoms with Gasteiger partial charge in [-0.05, 0) is 50.2 Å². The van der Waals surface area contributed by atoms with Crippen molar-refractivity contribution >= 4 is 5.91 Å². The normalized spacial score (nSPS) is 16.5. The van der Waals surface area contributed by atoms with E-state index in [9.17, 15) is 4.79 Å². The fourth-order valence-corrected chi connectivity index (χ4v) is 3.24. The molecular formula is C21H26N2O3. The van der Waals surface area contributed by atoms with Crippen molar-refractivity contribution in [2.45, 2.75) is 6.42 Å². The molecule has 5 heteroatoms. The van der Waals surface area contributed by atoms with Crippen LogP contribution in [-0.4, -0.2) is 50.7 Å². The van der Waals surface area contributed by atoms with Crippen molar-refractivity contribution in [2.75, 3.05) is 39.9 Å². The summed E-state index contributed by atoms with van der Waals surface area (Å²) >= 11 is 0. The van der Waals surface area contributed by atoms with E-state index in [2.05, 4.69) is 5.32 Å². The van der Waals surface area contributed by atoms with Crippen LogP contribution in [0.1, 0.15) is 16.8 Å². The van der Waals surface area contributed by atoms with Gasteiger partial charge in [0, 0.05) is 13.1 Å². The maximum absolute atomic E-state index is 12.9. The standard InChI is InChI=1S/C21H26N2O3/c1-22-15-17-11-12-23(16-17)21(24)19-9-5-6-10-20(19)26-14-13-25-18-7-3-2-4-8-18/h2-10,17,22H,11-16H2,1H3/t17-/m0/s1. The van der Waals surface area contributed by atoms with Crippen molar-refractivity contribution in [1.29, 1.82) is 0 Å². The van der Waals surface area contributed by atoms with E-state index in [4.69, 9.17) is 9.47 Å². The molecule has 3 rings (SSSR count). The first-order valence-corrected chi connectivity index (χ1v) is 9.11. The molecule has 1 fully saturated rings. The summed E-state index contributed by atoms with van der Waals surface area (Å²) in [4.78, 5) is 14.8. The predicted octanol–water partition coefficient (Wildman–Crippen LogP) is 2.83. The maximum Gasteiger partial charge on any atom is 0.257 e. The van der Waals surface area contributed by atoms with E-state index in [1.54, 1.807) is 0 Å². The lowest BCUT2D eigenvalue weighted by Crippen LogP contribution is -2.30. The minimum absolute atomic E-state index is 0.0446. The zero-order valence-corrected chi connectivity index (χ0v) is 15.2. The molecule has 5 nitrogen and oxygen atoms in total. The van der Waals surface area contributed by atoms with Gasteiger partial charge in [-0.2, -0.15) is 0 Å². The fourth-order valence-electron chi connectivity index (χ4n) is 3.24. The Morgan fingerprint density at radius 2 is 1.81 bits per heavy atom. The van der Waals surface area contributed by atoms with Gasteiger partial charge < -0.3 is 19.7 Å². The van der Waals surface area contributed by atoms with E-state index in [1.807, 2.05) is 66.5 Å². The van der Waals surface area contributed by atoms with E-state index < -0.39 is 0 Å². The van der Waals surface area contributed by atoms with Crippen molar-refractivity contribution in [3.05, 3.63) is 60.2 Å². The number of rotatable bonds is 8. The zero-order chi connectivity index (χ0) is 18.2. The Balaban J connectivity index is 1.55. The topological polar surface area (TPSA) is 50.8 Å². The van der Waals surface area contributed by atoms with Gasteiger partial charge in [-0.1, -0.05) is 30.3 Å². The van der Waals surface area contributed by atoms with E-state index in [1.165, 1.54) is 0 Å². The number of hydrogen-bond donors (Lipinski definition) is 1. The second-order valence-corrected chi connectivity index (χ2v) is 6.47. The third kappa shape index (κ3) is 4.76. The van der Waals surface area contributed by atoms with Gasteiger partial charge in [0.1, 0.15) is 24.7 Å². The van der Waals surface area contributed by atoms with Crippen LogP contribution < -0.4 is 14.8 Å². The van der Waals surface area contributed by atoms with Crippen molar-refractivity contribution < 1.29 is 14.3 Å².